The first kappa shape index (κ1) is 29.1. The minimum atomic E-state index is -0.487. The first-order chi connectivity index (χ1) is 25.1. The van der Waals surface area contributed by atoms with Crippen molar-refractivity contribution < 1.29 is 4.74 Å². The van der Waals surface area contributed by atoms with Crippen molar-refractivity contribution in [1.29, 1.82) is 5.26 Å². The van der Waals surface area contributed by atoms with Crippen molar-refractivity contribution in [2.45, 2.75) is 12.3 Å². The average Bonchev–Trinajstić information content (AvgIpc) is 3.47. The van der Waals surface area contributed by atoms with E-state index in [0.29, 0.717) is 23.0 Å². The molecule has 2 aliphatic rings. The van der Waals surface area contributed by atoms with Gasteiger partial charge in [-0.25, -0.2) is 15.0 Å². The normalized spacial score (nSPS) is 15.0. The molecule has 1 unspecified atom stereocenters. The van der Waals surface area contributed by atoms with Crippen molar-refractivity contribution in [3.05, 3.63) is 174 Å². The summed E-state index contributed by atoms with van der Waals surface area (Å²) in [7, 11) is 0. The van der Waals surface area contributed by atoms with Gasteiger partial charge in [-0.05, 0) is 81.9 Å². The molecule has 51 heavy (non-hydrogen) atoms. The Morgan fingerprint density at radius 1 is 0.490 bits per heavy atom. The number of ether oxygens (including phenoxy) is 1. The van der Waals surface area contributed by atoms with Crippen LogP contribution in [0.5, 0.6) is 11.5 Å². The summed E-state index contributed by atoms with van der Waals surface area (Å²) in [5.41, 5.74) is 10.7. The van der Waals surface area contributed by atoms with E-state index in [1.54, 1.807) is 0 Å². The Morgan fingerprint density at radius 3 is 1.92 bits per heavy atom. The Balaban J connectivity index is 1.18. The lowest BCUT2D eigenvalue weighted by Gasteiger charge is -2.35. The zero-order valence-electron chi connectivity index (χ0n) is 27.6. The van der Waals surface area contributed by atoms with Gasteiger partial charge in [-0.3, -0.25) is 0 Å². The van der Waals surface area contributed by atoms with Crippen LogP contribution in [-0.2, 0) is 5.41 Å². The minimum Gasteiger partial charge on any atom is -0.457 e. The molecule has 5 heteroatoms. The number of hydrogen-bond donors (Lipinski definition) is 0. The minimum absolute atomic E-state index is 0.487. The number of nitriles is 1. The van der Waals surface area contributed by atoms with E-state index in [1.807, 2.05) is 66.7 Å². The summed E-state index contributed by atoms with van der Waals surface area (Å²) in [6, 6.07) is 54.1. The topological polar surface area (TPSA) is 71.7 Å². The van der Waals surface area contributed by atoms with Crippen LogP contribution in [0, 0.1) is 11.3 Å². The first-order valence-corrected chi connectivity index (χ1v) is 17.0. The van der Waals surface area contributed by atoms with Gasteiger partial charge in [0, 0.05) is 27.8 Å². The van der Waals surface area contributed by atoms with Gasteiger partial charge in [0.1, 0.15) is 11.5 Å². The van der Waals surface area contributed by atoms with Gasteiger partial charge in [0.2, 0.25) is 0 Å². The Kier molecular flexibility index (Phi) is 6.30. The molecule has 5 nitrogen and oxygen atoms in total. The van der Waals surface area contributed by atoms with Crippen LogP contribution in [0.15, 0.2) is 152 Å². The molecule has 2 heterocycles. The molecule has 7 aromatic carbocycles. The van der Waals surface area contributed by atoms with Gasteiger partial charge in [0.05, 0.1) is 17.0 Å². The Hall–Kier alpha value is -6.90. The Morgan fingerprint density at radius 2 is 1.16 bits per heavy atom. The molecule has 0 N–H and O–H groups in total. The molecule has 0 amide bonds. The van der Waals surface area contributed by atoms with Crippen LogP contribution in [0.2, 0.25) is 0 Å². The number of fused-ring (bicyclic) bond motifs is 6. The maximum absolute atomic E-state index is 9.77. The lowest BCUT2D eigenvalue weighted by molar-refractivity contribution is 0.431. The molecule has 1 aliphatic heterocycles. The Labute approximate surface area is 295 Å². The highest BCUT2D eigenvalue weighted by Gasteiger charge is 2.47. The third-order valence-corrected chi connectivity index (χ3v) is 10.4. The summed E-state index contributed by atoms with van der Waals surface area (Å²) in [6.07, 6.45) is 0. The SMILES string of the molecule is CC12c3cc(C#N)ccc3Oc3cccc(c31)-c1cc(-c3nc(-c4ccccc4)nc(-c4ccc(-c5ccccc5)c5ccccc45)n3)ccc12. The maximum Gasteiger partial charge on any atom is 0.164 e. The zero-order valence-corrected chi connectivity index (χ0v) is 27.6. The van der Waals surface area contributed by atoms with Crippen LogP contribution in [0.1, 0.15) is 29.2 Å². The lowest BCUT2D eigenvalue weighted by atomic mass is 9.72. The van der Waals surface area contributed by atoms with Crippen molar-refractivity contribution in [3.8, 4) is 74.0 Å². The highest BCUT2D eigenvalue weighted by atomic mass is 16.5. The van der Waals surface area contributed by atoms with Gasteiger partial charge in [-0.1, -0.05) is 115 Å². The number of aromatic nitrogens is 3. The fourth-order valence-electron chi connectivity index (χ4n) is 8.02. The lowest BCUT2D eigenvalue weighted by Crippen LogP contribution is -2.27. The van der Waals surface area contributed by atoms with Crippen LogP contribution in [0.25, 0.3) is 67.2 Å². The quantitative estimate of drug-likeness (QED) is 0.189. The molecular weight excluding hydrogens is 625 g/mol. The molecule has 0 saturated carbocycles. The van der Waals surface area contributed by atoms with Crippen LogP contribution < -0.4 is 4.74 Å². The average molecular weight is 653 g/mol. The van der Waals surface area contributed by atoms with Gasteiger partial charge in [0.25, 0.3) is 0 Å². The summed E-state index contributed by atoms with van der Waals surface area (Å²) in [4.78, 5) is 15.4. The van der Waals surface area contributed by atoms with E-state index >= 15 is 0 Å². The smallest absolute Gasteiger partial charge is 0.164 e. The fraction of sp³-hybridized carbons (Fsp3) is 0.0435. The molecule has 0 saturated heterocycles. The van der Waals surface area contributed by atoms with Crippen molar-refractivity contribution >= 4 is 10.8 Å². The van der Waals surface area contributed by atoms with E-state index in [4.69, 9.17) is 19.7 Å². The van der Waals surface area contributed by atoms with Gasteiger partial charge < -0.3 is 4.74 Å². The van der Waals surface area contributed by atoms with Crippen molar-refractivity contribution in [1.82, 2.24) is 15.0 Å². The fourth-order valence-corrected chi connectivity index (χ4v) is 8.02. The number of nitrogens with zero attached hydrogens (tertiary/aromatic N) is 4. The number of hydrogen-bond acceptors (Lipinski definition) is 5. The second kappa shape index (κ2) is 11.1. The molecule has 0 spiro atoms. The van der Waals surface area contributed by atoms with Crippen molar-refractivity contribution in [3.63, 3.8) is 0 Å². The van der Waals surface area contributed by atoms with Crippen molar-refractivity contribution in [2.24, 2.45) is 0 Å². The third-order valence-electron chi connectivity index (χ3n) is 10.4. The maximum atomic E-state index is 9.77. The van der Waals surface area contributed by atoms with E-state index in [1.165, 1.54) is 0 Å². The van der Waals surface area contributed by atoms with Gasteiger partial charge >= 0.3 is 0 Å². The molecule has 0 radical (unpaired) electrons. The molecule has 1 atom stereocenters. The summed E-state index contributed by atoms with van der Waals surface area (Å²) < 4.78 is 6.44. The van der Waals surface area contributed by atoms with E-state index in [2.05, 4.69) is 97.9 Å². The summed E-state index contributed by atoms with van der Waals surface area (Å²) in [6.45, 7) is 2.24. The number of rotatable bonds is 4. The second-order valence-corrected chi connectivity index (χ2v) is 13.2. The van der Waals surface area contributed by atoms with E-state index < -0.39 is 5.41 Å². The Bertz CT molecular complexity index is 2750. The van der Waals surface area contributed by atoms with Crippen LogP contribution in [0.3, 0.4) is 0 Å². The van der Waals surface area contributed by atoms with Gasteiger partial charge in [0.15, 0.2) is 17.5 Å². The molecule has 238 valence electrons. The molecule has 8 aromatic rings. The predicted molar refractivity (Wildman–Crippen MR) is 201 cm³/mol. The highest BCUT2D eigenvalue weighted by molar-refractivity contribution is 6.04. The molecule has 10 rings (SSSR count). The zero-order chi connectivity index (χ0) is 34.1. The van der Waals surface area contributed by atoms with Crippen molar-refractivity contribution in [2.75, 3.05) is 0 Å². The van der Waals surface area contributed by atoms with Crippen LogP contribution >= 0.6 is 0 Å². The third kappa shape index (κ3) is 4.37. The summed E-state index contributed by atoms with van der Waals surface area (Å²) in [5.74, 6) is 3.45. The molecule has 1 aliphatic carbocycles. The van der Waals surface area contributed by atoms with E-state index in [-0.39, 0.29) is 0 Å². The summed E-state index contributed by atoms with van der Waals surface area (Å²) >= 11 is 0. The largest absolute Gasteiger partial charge is 0.457 e. The predicted octanol–water partition coefficient (Wildman–Crippen LogP) is 11.0. The molecule has 0 bridgehead atoms. The molecule has 0 fully saturated rings. The number of benzene rings is 7. The monoisotopic (exact) mass is 652 g/mol. The van der Waals surface area contributed by atoms with Crippen LogP contribution in [0.4, 0.5) is 0 Å². The molecule has 1 aromatic heterocycles. The first-order valence-electron chi connectivity index (χ1n) is 17.0. The standard InChI is InChI=1S/C46H28N4O/c1-46-38-23-20-31(26-37(38)35-17-10-18-41(42(35)46)51-40-24-19-28(27-47)25-39(40)46)44-48-43(30-13-6-3-7-14-30)49-45(50-44)36-22-21-32(29-11-4-2-5-12-29)33-15-8-9-16-34(33)36/h2-26H,1H3. The van der Waals surface area contributed by atoms with Gasteiger partial charge in [-0.2, -0.15) is 5.26 Å². The van der Waals surface area contributed by atoms with Gasteiger partial charge in [-0.15, -0.1) is 0 Å². The van der Waals surface area contributed by atoms with Crippen LogP contribution in [-0.4, -0.2) is 15.0 Å². The highest BCUT2D eigenvalue weighted by Crippen LogP contribution is 2.60. The second-order valence-electron chi connectivity index (χ2n) is 13.2. The van der Waals surface area contributed by atoms with E-state index in [0.717, 1.165) is 77.9 Å². The summed E-state index contributed by atoms with van der Waals surface area (Å²) in [5, 5.41) is 12.0. The molecular formula is C46H28N4O. The van der Waals surface area contributed by atoms with E-state index in [9.17, 15) is 5.26 Å².